The molecule has 2 rings (SSSR count). The largest absolute Gasteiger partial charge is 0.308 e. The van der Waals surface area contributed by atoms with E-state index in [1.165, 1.54) is 12.1 Å². The van der Waals surface area contributed by atoms with Gasteiger partial charge in [-0.1, -0.05) is 28.1 Å². The van der Waals surface area contributed by atoms with Crippen LogP contribution in [0.25, 0.3) is 0 Å². The zero-order valence-corrected chi connectivity index (χ0v) is 13.0. The molecule has 1 N–H and O–H groups in total. The second-order valence-corrected chi connectivity index (χ2v) is 5.57. The molecule has 0 atom stereocenters. The highest BCUT2D eigenvalue weighted by molar-refractivity contribution is 9.10. The number of benzene rings is 2. The topological polar surface area (TPSA) is 55.2 Å². The summed E-state index contributed by atoms with van der Waals surface area (Å²) in [6.45, 7) is 2.52. The van der Waals surface area contributed by atoms with Crippen molar-refractivity contribution in [1.29, 1.82) is 0 Å². The van der Waals surface area contributed by atoms with Gasteiger partial charge in [-0.2, -0.15) is 0 Å². The van der Waals surface area contributed by atoms with Crippen molar-refractivity contribution in [2.75, 3.05) is 0 Å². The van der Waals surface area contributed by atoms with Gasteiger partial charge in [-0.15, -0.1) is 0 Å². The van der Waals surface area contributed by atoms with E-state index >= 15 is 0 Å². The third kappa shape index (κ3) is 3.86. The van der Waals surface area contributed by atoms with Crippen LogP contribution in [0.4, 0.5) is 10.1 Å². The zero-order chi connectivity index (χ0) is 15.4. The third-order valence-electron chi connectivity index (χ3n) is 3.25. The van der Waals surface area contributed by atoms with Crippen molar-refractivity contribution in [1.82, 2.24) is 5.32 Å². The fraction of sp³-hybridized carbons (Fsp3) is 0.200. The fourth-order valence-corrected chi connectivity index (χ4v) is 2.48. The van der Waals surface area contributed by atoms with Crippen LogP contribution in [-0.2, 0) is 13.1 Å². The first-order chi connectivity index (χ1) is 9.99. The Hall–Kier alpha value is -1.79. The summed E-state index contributed by atoms with van der Waals surface area (Å²) in [6.07, 6.45) is 0. The Bertz CT molecular complexity index is 677. The molecule has 0 heterocycles. The molecule has 6 heteroatoms. The molecule has 0 aromatic heterocycles. The van der Waals surface area contributed by atoms with Crippen LogP contribution in [-0.4, -0.2) is 4.92 Å². The van der Waals surface area contributed by atoms with Gasteiger partial charge in [0.25, 0.3) is 5.69 Å². The number of nitro benzene ring substituents is 1. The van der Waals surface area contributed by atoms with Gasteiger partial charge in [0.05, 0.1) is 4.92 Å². The van der Waals surface area contributed by atoms with Crippen molar-refractivity contribution in [2.45, 2.75) is 20.0 Å². The molecule has 110 valence electrons. The molecule has 0 aliphatic rings. The summed E-state index contributed by atoms with van der Waals surface area (Å²) in [5.74, 6) is -0.276. The Balaban J connectivity index is 2.05. The third-order valence-corrected chi connectivity index (χ3v) is 3.75. The van der Waals surface area contributed by atoms with Crippen molar-refractivity contribution in [3.8, 4) is 0 Å². The average Bonchev–Trinajstić information content (AvgIpc) is 2.44. The van der Waals surface area contributed by atoms with E-state index in [2.05, 4.69) is 21.2 Å². The van der Waals surface area contributed by atoms with Crippen LogP contribution < -0.4 is 5.32 Å². The lowest BCUT2D eigenvalue weighted by molar-refractivity contribution is -0.385. The van der Waals surface area contributed by atoms with E-state index in [1.54, 1.807) is 25.1 Å². The van der Waals surface area contributed by atoms with E-state index in [0.29, 0.717) is 24.2 Å². The normalized spacial score (nSPS) is 10.6. The van der Waals surface area contributed by atoms with Gasteiger partial charge < -0.3 is 5.32 Å². The molecule has 0 saturated carbocycles. The minimum absolute atomic E-state index is 0.0999. The molecule has 0 bridgehead atoms. The molecule has 21 heavy (non-hydrogen) atoms. The maximum atomic E-state index is 13.6. The number of nitro groups is 1. The molecular formula is C15H14BrFN2O2. The van der Waals surface area contributed by atoms with Crippen molar-refractivity contribution < 1.29 is 9.31 Å². The minimum atomic E-state index is -0.396. The Morgan fingerprint density at radius 1 is 1.24 bits per heavy atom. The number of nitrogens with zero attached hydrogens (tertiary/aromatic N) is 1. The lowest BCUT2D eigenvalue weighted by Gasteiger charge is -2.09. The van der Waals surface area contributed by atoms with Gasteiger partial charge in [-0.25, -0.2) is 4.39 Å². The molecule has 0 unspecified atom stereocenters. The number of rotatable bonds is 5. The van der Waals surface area contributed by atoms with Gasteiger partial charge in [0.15, 0.2) is 0 Å². The molecule has 0 fully saturated rings. The summed E-state index contributed by atoms with van der Waals surface area (Å²) in [5.41, 5.74) is 2.11. The molecule has 4 nitrogen and oxygen atoms in total. The Labute approximate surface area is 130 Å². The molecule has 0 aliphatic carbocycles. The summed E-state index contributed by atoms with van der Waals surface area (Å²) >= 11 is 3.30. The van der Waals surface area contributed by atoms with Crippen LogP contribution in [0.3, 0.4) is 0 Å². The Morgan fingerprint density at radius 2 is 1.95 bits per heavy atom. The van der Waals surface area contributed by atoms with Crippen LogP contribution >= 0.6 is 15.9 Å². The highest BCUT2D eigenvalue weighted by Gasteiger charge is 2.12. The quantitative estimate of drug-likeness (QED) is 0.651. The molecule has 0 saturated heterocycles. The van der Waals surface area contributed by atoms with Crippen LogP contribution in [0.1, 0.15) is 16.7 Å². The number of hydrogen-bond donors (Lipinski definition) is 1. The molecular weight excluding hydrogens is 339 g/mol. The Morgan fingerprint density at radius 3 is 2.67 bits per heavy atom. The molecule has 0 amide bonds. The van der Waals surface area contributed by atoms with Gasteiger partial charge in [-0.05, 0) is 30.7 Å². The van der Waals surface area contributed by atoms with Crippen molar-refractivity contribution in [3.63, 3.8) is 0 Å². The monoisotopic (exact) mass is 352 g/mol. The summed E-state index contributed by atoms with van der Waals surface area (Å²) in [4.78, 5) is 10.5. The number of nitrogens with one attached hydrogen (secondary N) is 1. The highest BCUT2D eigenvalue weighted by Crippen LogP contribution is 2.21. The smallest absolute Gasteiger partial charge is 0.272 e. The summed E-state index contributed by atoms with van der Waals surface area (Å²) in [5, 5.41) is 14.0. The van der Waals surface area contributed by atoms with Gasteiger partial charge in [-0.3, -0.25) is 10.1 Å². The van der Waals surface area contributed by atoms with Gasteiger partial charge in [0, 0.05) is 34.8 Å². The molecule has 0 radical (unpaired) electrons. The van der Waals surface area contributed by atoms with Crippen LogP contribution in [0.2, 0.25) is 0 Å². The predicted molar refractivity (Wildman–Crippen MR) is 82.5 cm³/mol. The highest BCUT2D eigenvalue weighted by atomic mass is 79.9. The van der Waals surface area contributed by atoms with E-state index < -0.39 is 4.92 Å². The van der Waals surface area contributed by atoms with E-state index in [1.807, 2.05) is 6.07 Å². The first kappa shape index (κ1) is 15.6. The molecule has 2 aromatic rings. The van der Waals surface area contributed by atoms with Gasteiger partial charge in [0.2, 0.25) is 0 Å². The van der Waals surface area contributed by atoms with E-state index in [0.717, 1.165) is 10.0 Å². The predicted octanol–water partition coefficient (Wildman–Crippen LogP) is 4.09. The van der Waals surface area contributed by atoms with E-state index in [-0.39, 0.29) is 11.5 Å². The van der Waals surface area contributed by atoms with Crippen molar-refractivity contribution in [2.24, 2.45) is 0 Å². The van der Waals surface area contributed by atoms with Gasteiger partial charge >= 0.3 is 0 Å². The van der Waals surface area contributed by atoms with Gasteiger partial charge in [0.1, 0.15) is 5.82 Å². The second kappa shape index (κ2) is 6.78. The van der Waals surface area contributed by atoms with Crippen molar-refractivity contribution in [3.05, 3.63) is 73.5 Å². The standard InChI is InChI=1S/C15H14BrFN2O2/c1-10-11(3-2-4-15(10)19(20)21)8-18-9-12-7-13(16)5-6-14(12)17/h2-7,18H,8-9H2,1H3. The minimum Gasteiger partial charge on any atom is -0.308 e. The van der Waals surface area contributed by atoms with Crippen molar-refractivity contribution >= 4 is 21.6 Å². The maximum absolute atomic E-state index is 13.6. The summed E-state index contributed by atoms with van der Waals surface area (Å²) in [7, 11) is 0. The Kier molecular flexibility index (Phi) is 5.03. The lowest BCUT2D eigenvalue weighted by Crippen LogP contribution is -2.15. The van der Waals surface area contributed by atoms with Crippen LogP contribution in [0.15, 0.2) is 40.9 Å². The maximum Gasteiger partial charge on any atom is 0.272 e. The van der Waals surface area contributed by atoms with Crippen LogP contribution in [0.5, 0.6) is 0 Å². The summed E-state index contributed by atoms with van der Waals surface area (Å²) < 4.78 is 14.4. The molecule has 2 aromatic carbocycles. The molecule has 0 aliphatic heterocycles. The number of hydrogen-bond acceptors (Lipinski definition) is 3. The molecule has 0 spiro atoms. The first-order valence-electron chi connectivity index (χ1n) is 6.36. The second-order valence-electron chi connectivity index (χ2n) is 4.66. The van der Waals surface area contributed by atoms with E-state index in [9.17, 15) is 14.5 Å². The van der Waals surface area contributed by atoms with E-state index in [4.69, 9.17) is 0 Å². The zero-order valence-electron chi connectivity index (χ0n) is 11.4. The summed E-state index contributed by atoms with van der Waals surface area (Å²) in [6, 6.07) is 9.72. The lowest BCUT2D eigenvalue weighted by atomic mass is 10.1. The van der Waals surface area contributed by atoms with Crippen LogP contribution in [0, 0.1) is 22.9 Å². The SMILES string of the molecule is Cc1c(CNCc2cc(Br)ccc2F)cccc1[N+](=O)[O-]. The number of halogens is 2. The average molecular weight is 353 g/mol. The first-order valence-corrected chi connectivity index (χ1v) is 7.16. The fourth-order valence-electron chi connectivity index (χ4n) is 2.07.